The van der Waals surface area contributed by atoms with Gasteiger partial charge in [0.25, 0.3) is 0 Å². The van der Waals surface area contributed by atoms with Crippen LogP contribution in [0.2, 0.25) is 0 Å². The molecule has 2 aromatic rings. The van der Waals surface area contributed by atoms with Crippen LogP contribution < -0.4 is 14.8 Å². The highest BCUT2D eigenvalue weighted by Gasteiger charge is 2.24. The second-order valence-corrected chi connectivity index (χ2v) is 5.72. The quantitative estimate of drug-likeness (QED) is 0.944. The molecule has 120 valence electrons. The maximum atomic E-state index is 12.1. The van der Waals surface area contributed by atoms with Gasteiger partial charge in [0, 0.05) is 6.42 Å². The first-order chi connectivity index (χ1) is 11.2. The number of benzene rings is 2. The molecule has 4 heteroatoms. The number of fused-ring (bicyclic) bond motifs is 1. The molecule has 1 aliphatic heterocycles. The van der Waals surface area contributed by atoms with Gasteiger partial charge in [-0.1, -0.05) is 30.3 Å². The number of amides is 1. The minimum absolute atomic E-state index is 0.0535. The molecular weight excluding hydrogens is 290 g/mol. The van der Waals surface area contributed by atoms with Gasteiger partial charge in [-0.3, -0.25) is 4.79 Å². The molecule has 0 radical (unpaired) electrons. The fourth-order valence-electron chi connectivity index (χ4n) is 3.08. The fourth-order valence-corrected chi connectivity index (χ4v) is 3.08. The maximum Gasteiger partial charge on any atom is 0.220 e. The van der Waals surface area contributed by atoms with Crippen molar-refractivity contribution in [3.63, 3.8) is 0 Å². The van der Waals surface area contributed by atoms with Gasteiger partial charge in [-0.15, -0.1) is 0 Å². The molecule has 4 nitrogen and oxygen atoms in total. The Morgan fingerprint density at radius 1 is 1.04 bits per heavy atom. The Kier molecular flexibility index (Phi) is 4.51. The minimum atomic E-state index is -0.0535. The van der Waals surface area contributed by atoms with Gasteiger partial charge in [-0.2, -0.15) is 0 Å². The summed E-state index contributed by atoms with van der Waals surface area (Å²) in [4.78, 5) is 12.1. The summed E-state index contributed by atoms with van der Waals surface area (Å²) in [6, 6.07) is 14.1. The van der Waals surface area contributed by atoms with Crippen LogP contribution in [0.25, 0.3) is 0 Å². The third kappa shape index (κ3) is 3.31. The van der Waals surface area contributed by atoms with Gasteiger partial charge >= 0.3 is 0 Å². The van der Waals surface area contributed by atoms with Gasteiger partial charge in [-0.25, -0.2) is 0 Å². The number of methoxy groups -OCH3 is 2. The van der Waals surface area contributed by atoms with Gasteiger partial charge in [0.2, 0.25) is 5.91 Å². The van der Waals surface area contributed by atoms with Gasteiger partial charge in [0.1, 0.15) is 0 Å². The summed E-state index contributed by atoms with van der Waals surface area (Å²) in [7, 11) is 3.26. The van der Waals surface area contributed by atoms with Crippen LogP contribution in [0.1, 0.15) is 29.2 Å². The number of rotatable bonds is 4. The summed E-state index contributed by atoms with van der Waals surface area (Å²) in [5.41, 5.74) is 3.44. The highest BCUT2D eigenvalue weighted by atomic mass is 16.5. The second kappa shape index (κ2) is 6.73. The van der Waals surface area contributed by atoms with E-state index in [1.165, 1.54) is 5.56 Å². The van der Waals surface area contributed by atoms with Crippen molar-refractivity contribution in [1.82, 2.24) is 5.32 Å². The summed E-state index contributed by atoms with van der Waals surface area (Å²) in [6.07, 6.45) is 1.97. The average molecular weight is 311 g/mol. The molecule has 1 N–H and O–H groups in total. The molecular formula is C19H21NO3. The summed E-state index contributed by atoms with van der Waals surface area (Å²) in [5, 5.41) is 3.14. The number of carbonyl (C=O) groups excluding carboxylic acids is 1. The van der Waals surface area contributed by atoms with E-state index in [1.807, 2.05) is 30.3 Å². The zero-order valence-electron chi connectivity index (χ0n) is 13.5. The van der Waals surface area contributed by atoms with E-state index in [0.29, 0.717) is 24.3 Å². The third-order valence-corrected chi connectivity index (χ3v) is 4.26. The number of ether oxygens (including phenoxy) is 2. The van der Waals surface area contributed by atoms with Crippen molar-refractivity contribution < 1.29 is 14.3 Å². The Morgan fingerprint density at radius 3 is 2.43 bits per heavy atom. The topological polar surface area (TPSA) is 47.6 Å². The molecule has 0 aliphatic carbocycles. The lowest BCUT2D eigenvalue weighted by Crippen LogP contribution is -2.28. The molecule has 2 aromatic carbocycles. The van der Waals surface area contributed by atoms with E-state index in [9.17, 15) is 4.79 Å². The van der Waals surface area contributed by atoms with E-state index in [-0.39, 0.29) is 11.9 Å². The summed E-state index contributed by atoms with van der Waals surface area (Å²) in [6.45, 7) is 0. The van der Waals surface area contributed by atoms with E-state index in [4.69, 9.17) is 9.47 Å². The summed E-state index contributed by atoms with van der Waals surface area (Å²) in [5.74, 6) is 1.49. The van der Waals surface area contributed by atoms with Crippen molar-refractivity contribution in [1.29, 1.82) is 0 Å². The lowest BCUT2D eigenvalue weighted by molar-refractivity contribution is -0.121. The van der Waals surface area contributed by atoms with Crippen molar-refractivity contribution in [2.75, 3.05) is 14.2 Å². The molecule has 0 spiro atoms. The Balaban J connectivity index is 2.01. The zero-order chi connectivity index (χ0) is 16.2. The molecule has 1 atom stereocenters. The van der Waals surface area contributed by atoms with Crippen LogP contribution in [-0.4, -0.2) is 20.1 Å². The first-order valence-electron chi connectivity index (χ1n) is 7.79. The van der Waals surface area contributed by atoms with Crippen molar-refractivity contribution in [2.45, 2.75) is 25.3 Å². The lowest BCUT2D eigenvalue weighted by Gasteiger charge is -2.21. The molecule has 1 unspecified atom stereocenters. The molecule has 0 fully saturated rings. The molecule has 1 amide bonds. The first-order valence-corrected chi connectivity index (χ1v) is 7.79. The Labute approximate surface area is 136 Å². The monoisotopic (exact) mass is 311 g/mol. The van der Waals surface area contributed by atoms with Crippen LogP contribution in [-0.2, 0) is 17.6 Å². The SMILES string of the molecule is COc1cc2c(cc1OC)C(Cc1ccccc1)NC(=O)CC2. The second-order valence-electron chi connectivity index (χ2n) is 5.72. The van der Waals surface area contributed by atoms with Crippen LogP contribution in [0.5, 0.6) is 11.5 Å². The Morgan fingerprint density at radius 2 is 1.74 bits per heavy atom. The number of aryl methyl sites for hydroxylation is 1. The number of nitrogens with one attached hydrogen (secondary N) is 1. The van der Waals surface area contributed by atoms with Gasteiger partial charge in [0.05, 0.1) is 20.3 Å². The van der Waals surface area contributed by atoms with Crippen LogP contribution >= 0.6 is 0 Å². The fraction of sp³-hybridized carbons (Fsp3) is 0.316. The number of hydrogen-bond donors (Lipinski definition) is 1. The Hall–Kier alpha value is -2.49. The molecule has 1 aliphatic rings. The zero-order valence-corrected chi connectivity index (χ0v) is 13.5. The van der Waals surface area contributed by atoms with Crippen LogP contribution in [0.15, 0.2) is 42.5 Å². The number of carbonyl (C=O) groups is 1. The molecule has 0 bridgehead atoms. The van der Waals surface area contributed by atoms with Crippen molar-refractivity contribution in [3.05, 3.63) is 59.2 Å². The average Bonchev–Trinajstić information content (AvgIpc) is 2.73. The lowest BCUT2D eigenvalue weighted by atomic mass is 9.93. The minimum Gasteiger partial charge on any atom is -0.493 e. The van der Waals surface area contributed by atoms with Crippen LogP contribution in [0.3, 0.4) is 0 Å². The maximum absolute atomic E-state index is 12.1. The molecule has 0 saturated carbocycles. The first kappa shape index (κ1) is 15.4. The molecule has 23 heavy (non-hydrogen) atoms. The predicted octanol–water partition coefficient (Wildman–Crippen LogP) is 3.05. The normalized spacial score (nSPS) is 17.0. The smallest absolute Gasteiger partial charge is 0.220 e. The van der Waals surface area contributed by atoms with Gasteiger partial charge < -0.3 is 14.8 Å². The number of hydrogen-bond acceptors (Lipinski definition) is 3. The summed E-state index contributed by atoms with van der Waals surface area (Å²) < 4.78 is 10.8. The highest BCUT2D eigenvalue weighted by Crippen LogP contribution is 2.36. The van der Waals surface area contributed by atoms with E-state index in [0.717, 1.165) is 17.5 Å². The van der Waals surface area contributed by atoms with Crippen LogP contribution in [0.4, 0.5) is 0 Å². The summed E-state index contributed by atoms with van der Waals surface area (Å²) >= 11 is 0. The largest absolute Gasteiger partial charge is 0.493 e. The molecule has 1 heterocycles. The van der Waals surface area contributed by atoms with Gasteiger partial charge in [-0.05, 0) is 41.7 Å². The molecule has 3 rings (SSSR count). The highest BCUT2D eigenvalue weighted by molar-refractivity contribution is 5.78. The van der Waals surface area contributed by atoms with Crippen LogP contribution in [0, 0.1) is 0 Å². The van der Waals surface area contributed by atoms with E-state index in [1.54, 1.807) is 14.2 Å². The van der Waals surface area contributed by atoms with Crippen molar-refractivity contribution in [3.8, 4) is 11.5 Å². The van der Waals surface area contributed by atoms with Crippen molar-refractivity contribution in [2.24, 2.45) is 0 Å². The predicted molar refractivity (Wildman–Crippen MR) is 88.9 cm³/mol. The van der Waals surface area contributed by atoms with E-state index >= 15 is 0 Å². The Bertz CT molecular complexity index is 697. The molecule has 0 saturated heterocycles. The molecule has 0 aromatic heterocycles. The third-order valence-electron chi connectivity index (χ3n) is 4.26. The van der Waals surface area contributed by atoms with Crippen molar-refractivity contribution >= 4 is 5.91 Å². The van der Waals surface area contributed by atoms with Gasteiger partial charge in [0.15, 0.2) is 11.5 Å². The van der Waals surface area contributed by atoms with E-state index in [2.05, 4.69) is 17.4 Å². The standard InChI is InChI=1S/C19H21NO3/c1-22-17-11-14-8-9-19(21)20-16(15(14)12-18(17)23-2)10-13-6-4-3-5-7-13/h3-7,11-12,16H,8-10H2,1-2H3,(H,20,21). The van der Waals surface area contributed by atoms with E-state index < -0.39 is 0 Å².